The maximum Gasteiger partial charge on any atom is 0.407 e. The summed E-state index contributed by atoms with van der Waals surface area (Å²) in [5, 5.41) is 9.12. The van der Waals surface area contributed by atoms with Gasteiger partial charge in [-0.25, -0.2) is 4.79 Å². The van der Waals surface area contributed by atoms with Crippen LogP contribution in [0.5, 0.6) is 0 Å². The fraction of sp³-hybridized carbons (Fsp3) is 0.875. The van der Waals surface area contributed by atoms with Crippen molar-refractivity contribution in [1.29, 1.82) is 0 Å². The molecule has 0 aliphatic heterocycles. The van der Waals surface area contributed by atoms with Crippen LogP contribution in [0, 0.1) is 0 Å². The predicted molar refractivity (Wildman–Crippen MR) is 86.7 cm³/mol. The Morgan fingerprint density at radius 2 is 1.86 bits per heavy atom. The molecule has 1 saturated carbocycles. The Bertz CT molecular complexity index is 379. The molecule has 3 atom stereocenters. The molecule has 1 fully saturated rings. The van der Waals surface area contributed by atoms with E-state index in [0.29, 0.717) is 6.54 Å². The van der Waals surface area contributed by atoms with E-state index in [-0.39, 0.29) is 30.1 Å². The van der Waals surface area contributed by atoms with E-state index < -0.39 is 5.60 Å². The Balaban J connectivity index is 2.31. The summed E-state index contributed by atoms with van der Waals surface area (Å²) >= 11 is 0. The summed E-state index contributed by atoms with van der Waals surface area (Å²) in [6, 6.07) is 0.150. The molecule has 0 heterocycles. The second-order valence-electron chi connectivity index (χ2n) is 7.03. The SMILES string of the molecule is CCCNC(=O)C(C)NC1CCC(NC(=O)OC(C)(C)C)C1. The molecule has 0 radical (unpaired) electrons. The van der Waals surface area contributed by atoms with Gasteiger partial charge in [-0.1, -0.05) is 6.92 Å². The first-order valence-electron chi connectivity index (χ1n) is 8.24. The zero-order chi connectivity index (χ0) is 16.8. The number of hydrogen-bond acceptors (Lipinski definition) is 4. The minimum absolute atomic E-state index is 0.0328. The number of amides is 2. The van der Waals surface area contributed by atoms with E-state index in [1.165, 1.54) is 0 Å². The molecule has 1 rings (SSSR count). The van der Waals surface area contributed by atoms with Crippen LogP contribution in [0.2, 0.25) is 0 Å². The van der Waals surface area contributed by atoms with E-state index in [9.17, 15) is 9.59 Å². The third-order valence-corrected chi connectivity index (χ3v) is 3.58. The highest BCUT2D eigenvalue weighted by Gasteiger charge is 2.29. The van der Waals surface area contributed by atoms with Crippen molar-refractivity contribution >= 4 is 12.0 Å². The Morgan fingerprint density at radius 1 is 1.23 bits per heavy atom. The molecular weight excluding hydrogens is 282 g/mol. The Labute approximate surface area is 133 Å². The molecule has 2 amide bonds. The molecule has 0 aromatic heterocycles. The van der Waals surface area contributed by atoms with Crippen molar-refractivity contribution in [2.75, 3.05) is 6.54 Å². The minimum Gasteiger partial charge on any atom is -0.444 e. The molecule has 6 heteroatoms. The summed E-state index contributed by atoms with van der Waals surface area (Å²) in [5.74, 6) is 0.0328. The van der Waals surface area contributed by atoms with Gasteiger partial charge in [0, 0.05) is 18.6 Å². The molecule has 3 unspecified atom stereocenters. The predicted octanol–water partition coefficient (Wildman–Crippen LogP) is 1.94. The van der Waals surface area contributed by atoms with Crippen molar-refractivity contribution in [3.63, 3.8) is 0 Å². The molecule has 0 spiro atoms. The first kappa shape index (κ1) is 18.7. The second-order valence-corrected chi connectivity index (χ2v) is 7.03. The number of alkyl carbamates (subject to hydrolysis) is 1. The van der Waals surface area contributed by atoms with Crippen molar-refractivity contribution in [2.45, 2.75) is 84.0 Å². The Hall–Kier alpha value is -1.30. The quantitative estimate of drug-likeness (QED) is 0.700. The van der Waals surface area contributed by atoms with E-state index in [1.807, 2.05) is 34.6 Å². The summed E-state index contributed by atoms with van der Waals surface area (Å²) in [4.78, 5) is 23.6. The number of hydrogen-bond donors (Lipinski definition) is 3. The molecule has 6 nitrogen and oxygen atoms in total. The molecule has 128 valence electrons. The van der Waals surface area contributed by atoms with Crippen molar-refractivity contribution < 1.29 is 14.3 Å². The van der Waals surface area contributed by atoms with Crippen molar-refractivity contribution in [3.8, 4) is 0 Å². The summed E-state index contributed by atoms with van der Waals surface area (Å²) in [5.41, 5.74) is -0.480. The van der Waals surface area contributed by atoms with Gasteiger partial charge in [-0.05, 0) is 53.4 Å². The van der Waals surface area contributed by atoms with Crippen LogP contribution in [0.25, 0.3) is 0 Å². The van der Waals surface area contributed by atoms with Crippen LogP contribution in [0.4, 0.5) is 4.79 Å². The lowest BCUT2D eigenvalue weighted by Gasteiger charge is -2.22. The molecule has 0 saturated heterocycles. The number of rotatable bonds is 6. The van der Waals surface area contributed by atoms with Gasteiger partial charge >= 0.3 is 6.09 Å². The minimum atomic E-state index is -0.480. The highest BCUT2D eigenvalue weighted by Crippen LogP contribution is 2.20. The molecule has 1 aliphatic rings. The van der Waals surface area contributed by atoms with Gasteiger partial charge in [0.15, 0.2) is 0 Å². The number of carbonyl (C=O) groups is 2. The van der Waals surface area contributed by atoms with Gasteiger partial charge in [-0.3, -0.25) is 4.79 Å². The summed E-state index contributed by atoms with van der Waals surface area (Å²) in [6.07, 6.45) is 3.24. The molecule has 0 aromatic carbocycles. The molecule has 0 aromatic rings. The van der Waals surface area contributed by atoms with Crippen molar-refractivity contribution in [3.05, 3.63) is 0 Å². The van der Waals surface area contributed by atoms with Gasteiger partial charge in [0.2, 0.25) is 5.91 Å². The van der Waals surface area contributed by atoms with Crippen LogP contribution >= 0.6 is 0 Å². The Morgan fingerprint density at radius 3 is 2.45 bits per heavy atom. The van der Waals surface area contributed by atoms with Crippen molar-refractivity contribution in [2.24, 2.45) is 0 Å². The monoisotopic (exact) mass is 313 g/mol. The van der Waals surface area contributed by atoms with Crippen LogP contribution in [-0.4, -0.2) is 42.3 Å². The number of carbonyl (C=O) groups excluding carboxylic acids is 2. The maximum atomic E-state index is 11.8. The lowest BCUT2D eigenvalue weighted by Crippen LogP contribution is -2.46. The van der Waals surface area contributed by atoms with Crippen LogP contribution in [0.1, 0.15) is 60.3 Å². The fourth-order valence-corrected chi connectivity index (χ4v) is 2.57. The summed E-state index contributed by atoms with van der Waals surface area (Å²) < 4.78 is 5.26. The number of ether oxygens (including phenoxy) is 1. The largest absolute Gasteiger partial charge is 0.444 e. The maximum absolute atomic E-state index is 11.8. The van der Waals surface area contributed by atoms with E-state index >= 15 is 0 Å². The van der Waals surface area contributed by atoms with Gasteiger partial charge in [0.25, 0.3) is 0 Å². The smallest absolute Gasteiger partial charge is 0.407 e. The highest BCUT2D eigenvalue weighted by molar-refractivity contribution is 5.81. The average molecular weight is 313 g/mol. The zero-order valence-electron chi connectivity index (χ0n) is 14.5. The van der Waals surface area contributed by atoms with E-state index in [4.69, 9.17) is 4.74 Å². The first-order chi connectivity index (χ1) is 10.2. The topological polar surface area (TPSA) is 79.5 Å². The highest BCUT2D eigenvalue weighted by atomic mass is 16.6. The first-order valence-corrected chi connectivity index (χ1v) is 8.24. The average Bonchev–Trinajstić information content (AvgIpc) is 2.80. The molecule has 3 N–H and O–H groups in total. The van der Waals surface area contributed by atoms with Gasteiger partial charge in [0.1, 0.15) is 5.60 Å². The summed E-state index contributed by atoms with van der Waals surface area (Å²) in [7, 11) is 0. The van der Waals surface area contributed by atoms with Crippen LogP contribution in [0.3, 0.4) is 0 Å². The van der Waals surface area contributed by atoms with Crippen LogP contribution < -0.4 is 16.0 Å². The lowest BCUT2D eigenvalue weighted by molar-refractivity contribution is -0.122. The fourth-order valence-electron chi connectivity index (χ4n) is 2.57. The van der Waals surface area contributed by atoms with E-state index in [0.717, 1.165) is 25.7 Å². The van der Waals surface area contributed by atoms with Gasteiger partial charge < -0.3 is 20.7 Å². The van der Waals surface area contributed by atoms with E-state index in [2.05, 4.69) is 16.0 Å². The third-order valence-electron chi connectivity index (χ3n) is 3.58. The van der Waals surface area contributed by atoms with Gasteiger partial charge in [-0.15, -0.1) is 0 Å². The Kier molecular flexibility index (Phi) is 7.13. The second kappa shape index (κ2) is 8.36. The van der Waals surface area contributed by atoms with E-state index in [1.54, 1.807) is 0 Å². The summed E-state index contributed by atoms with van der Waals surface area (Å²) in [6.45, 7) is 10.2. The normalized spacial score (nSPS) is 23.0. The zero-order valence-corrected chi connectivity index (χ0v) is 14.5. The third kappa shape index (κ3) is 7.11. The standard InChI is InChI=1S/C16H31N3O3/c1-6-9-17-14(20)11(2)18-12-7-8-13(10-12)19-15(21)22-16(3,4)5/h11-13,18H,6-10H2,1-5H3,(H,17,20)(H,19,21). The van der Waals surface area contributed by atoms with Crippen LogP contribution in [-0.2, 0) is 9.53 Å². The molecule has 22 heavy (non-hydrogen) atoms. The number of nitrogens with one attached hydrogen (secondary N) is 3. The molecular formula is C16H31N3O3. The van der Waals surface area contributed by atoms with Crippen LogP contribution in [0.15, 0.2) is 0 Å². The molecule has 1 aliphatic carbocycles. The van der Waals surface area contributed by atoms with Gasteiger partial charge in [-0.2, -0.15) is 0 Å². The van der Waals surface area contributed by atoms with Crippen molar-refractivity contribution in [1.82, 2.24) is 16.0 Å². The molecule has 0 bridgehead atoms. The van der Waals surface area contributed by atoms with Gasteiger partial charge in [0.05, 0.1) is 6.04 Å². The lowest BCUT2D eigenvalue weighted by atomic mass is 10.2.